The van der Waals surface area contributed by atoms with Gasteiger partial charge in [0.25, 0.3) is 0 Å². The largest absolute Gasteiger partial charge is 0.384 e. The maximum Gasteiger partial charge on any atom is 0.124 e. The lowest BCUT2D eigenvalue weighted by atomic mass is 10.1. The zero-order valence-corrected chi connectivity index (χ0v) is 10.5. The minimum atomic E-state index is 0.0641. The molecule has 0 aliphatic rings. The van der Waals surface area contributed by atoms with Crippen molar-refractivity contribution in [1.82, 2.24) is 0 Å². The third-order valence-electron chi connectivity index (χ3n) is 2.61. The van der Waals surface area contributed by atoms with Crippen LogP contribution in [0.2, 0.25) is 5.02 Å². The molecule has 0 saturated carbocycles. The van der Waals surface area contributed by atoms with Gasteiger partial charge in [0, 0.05) is 22.8 Å². The number of amidine groups is 1. The van der Waals surface area contributed by atoms with Crippen LogP contribution in [0.1, 0.15) is 11.1 Å². The average molecular weight is 260 g/mol. The lowest BCUT2D eigenvalue weighted by molar-refractivity contribution is 1.15. The highest BCUT2D eigenvalue weighted by Crippen LogP contribution is 2.16. The Morgan fingerprint density at radius 1 is 1.11 bits per heavy atom. The van der Waals surface area contributed by atoms with E-state index in [4.69, 9.17) is 22.7 Å². The molecule has 0 atom stereocenters. The number of halogens is 1. The van der Waals surface area contributed by atoms with Gasteiger partial charge in [0.05, 0.1) is 0 Å². The molecule has 0 aliphatic heterocycles. The van der Waals surface area contributed by atoms with Crippen molar-refractivity contribution in [2.45, 2.75) is 6.54 Å². The minimum Gasteiger partial charge on any atom is -0.384 e. The van der Waals surface area contributed by atoms with Crippen molar-refractivity contribution in [3.05, 3.63) is 64.7 Å². The number of hydrogen-bond acceptors (Lipinski definition) is 2. The van der Waals surface area contributed by atoms with E-state index in [1.165, 1.54) is 0 Å². The second kappa shape index (κ2) is 5.56. The van der Waals surface area contributed by atoms with Crippen molar-refractivity contribution in [2.75, 3.05) is 5.32 Å². The van der Waals surface area contributed by atoms with Gasteiger partial charge in [-0.25, -0.2) is 0 Å². The van der Waals surface area contributed by atoms with Crippen molar-refractivity contribution in [1.29, 1.82) is 5.41 Å². The molecule has 0 saturated heterocycles. The van der Waals surface area contributed by atoms with E-state index in [0.717, 1.165) is 16.3 Å². The SMILES string of the molecule is N=C(N)c1ccccc1NCc1ccc(Cl)cc1. The first-order valence-electron chi connectivity index (χ1n) is 5.58. The summed E-state index contributed by atoms with van der Waals surface area (Å²) in [6, 6.07) is 15.2. The molecule has 0 heterocycles. The van der Waals surface area contributed by atoms with Crippen LogP contribution < -0.4 is 11.1 Å². The van der Waals surface area contributed by atoms with Gasteiger partial charge in [0.1, 0.15) is 5.84 Å². The molecule has 0 aliphatic carbocycles. The van der Waals surface area contributed by atoms with E-state index in [9.17, 15) is 0 Å². The van der Waals surface area contributed by atoms with Crippen LogP contribution in [0.4, 0.5) is 5.69 Å². The molecule has 2 aromatic rings. The summed E-state index contributed by atoms with van der Waals surface area (Å²) in [5.74, 6) is 0.0641. The third-order valence-corrected chi connectivity index (χ3v) is 2.87. The number of anilines is 1. The first-order valence-corrected chi connectivity index (χ1v) is 5.96. The van der Waals surface area contributed by atoms with E-state index in [1.54, 1.807) is 0 Å². The predicted octanol–water partition coefficient (Wildman–Crippen LogP) is 3.24. The van der Waals surface area contributed by atoms with Gasteiger partial charge in [-0.15, -0.1) is 0 Å². The Bertz CT molecular complexity index is 549. The van der Waals surface area contributed by atoms with E-state index in [-0.39, 0.29) is 5.84 Å². The van der Waals surface area contributed by atoms with Crippen LogP contribution >= 0.6 is 11.6 Å². The van der Waals surface area contributed by atoms with Crippen molar-refractivity contribution < 1.29 is 0 Å². The molecule has 3 nitrogen and oxygen atoms in total. The molecule has 92 valence electrons. The van der Waals surface area contributed by atoms with Gasteiger partial charge in [-0.3, -0.25) is 5.41 Å². The van der Waals surface area contributed by atoms with Gasteiger partial charge >= 0.3 is 0 Å². The van der Waals surface area contributed by atoms with Gasteiger partial charge in [0.2, 0.25) is 0 Å². The van der Waals surface area contributed by atoms with Gasteiger partial charge in [-0.1, -0.05) is 35.9 Å². The van der Waals surface area contributed by atoms with E-state index in [2.05, 4.69) is 5.32 Å². The van der Waals surface area contributed by atoms with Crippen LogP contribution in [0.3, 0.4) is 0 Å². The summed E-state index contributed by atoms with van der Waals surface area (Å²) >= 11 is 5.83. The van der Waals surface area contributed by atoms with Crippen LogP contribution in [-0.4, -0.2) is 5.84 Å². The summed E-state index contributed by atoms with van der Waals surface area (Å²) in [5, 5.41) is 11.5. The van der Waals surface area contributed by atoms with E-state index in [1.807, 2.05) is 48.5 Å². The number of nitrogen functional groups attached to an aromatic ring is 1. The summed E-state index contributed by atoms with van der Waals surface area (Å²) < 4.78 is 0. The molecule has 4 heteroatoms. The van der Waals surface area contributed by atoms with Crippen LogP contribution in [0.15, 0.2) is 48.5 Å². The first-order chi connectivity index (χ1) is 8.66. The molecule has 0 unspecified atom stereocenters. The van der Waals surface area contributed by atoms with Crippen LogP contribution in [0.5, 0.6) is 0 Å². The second-order valence-electron chi connectivity index (χ2n) is 3.94. The topological polar surface area (TPSA) is 61.9 Å². The number of benzene rings is 2. The molecule has 2 aromatic carbocycles. The highest BCUT2D eigenvalue weighted by Gasteiger charge is 2.03. The zero-order chi connectivity index (χ0) is 13.0. The van der Waals surface area contributed by atoms with Gasteiger partial charge in [-0.05, 0) is 29.8 Å². The van der Waals surface area contributed by atoms with E-state index >= 15 is 0 Å². The van der Waals surface area contributed by atoms with Crippen molar-refractivity contribution in [3.63, 3.8) is 0 Å². The van der Waals surface area contributed by atoms with Crippen molar-refractivity contribution in [3.8, 4) is 0 Å². The smallest absolute Gasteiger partial charge is 0.124 e. The normalized spacial score (nSPS) is 10.1. The minimum absolute atomic E-state index is 0.0641. The monoisotopic (exact) mass is 259 g/mol. The zero-order valence-electron chi connectivity index (χ0n) is 9.78. The van der Waals surface area contributed by atoms with Gasteiger partial charge in [-0.2, -0.15) is 0 Å². The van der Waals surface area contributed by atoms with Crippen LogP contribution in [-0.2, 0) is 6.54 Å². The predicted molar refractivity (Wildman–Crippen MR) is 76.2 cm³/mol. The Morgan fingerprint density at radius 3 is 2.44 bits per heavy atom. The molecule has 0 bridgehead atoms. The maximum absolute atomic E-state index is 7.51. The fraction of sp³-hybridized carbons (Fsp3) is 0.0714. The van der Waals surface area contributed by atoms with Crippen LogP contribution in [0.25, 0.3) is 0 Å². The quantitative estimate of drug-likeness (QED) is 0.583. The molecule has 0 spiro atoms. The van der Waals surface area contributed by atoms with Crippen molar-refractivity contribution in [2.24, 2.45) is 5.73 Å². The summed E-state index contributed by atoms with van der Waals surface area (Å²) in [6.45, 7) is 0.668. The Morgan fingerprint density at radius 2 is 1.78 bits per heavy atom. The summed E-state index contributed by atoms with van der Waals surface area (Å²) in [4.78, 5) is 0. The molecule has 18 heavy (non-hydrogen) atoms. The molecule has 0 radical (unpaired) electrons. The molecular formula is C14H14ClN3. The second-order valence-corrected chi connectivity index (χ2v) is 4.38. The van der Waals surface area contributed by atoms with Gasteiger partial charge in [0.15, 0.2) is 0 Å². The average Bonchev–Trinajstić information content (AvgIpc) is 2.38. The summed E-state index contributed by atoms with van der Waals surface area (Å²) in [5.41, 5.74) is 8.23. The molecule has 0 aromatic heterocycles. The Balaban J connectivity index is 2.10. The van der Waals surface area contributed by atoms with Crippen molar-refractivity contribution >= 4 is 23.1 Å². The Hall–Kier alpha value is -2.00. The molecule has 0 fully saturated rings. The Kier molecular flexibility index (Phi) is 3.85. The number of para-hydroxylation sites is 1. The highest BCUT2D eigenvalue weighted by atomic mass is 35.5. The molecular weight excluding hydrogens is 246 g/mol. The first kappa shape index (κ1) is 12.5. The molecule has 4 N–H and O–H groups in total. The van der Waals surface area contributed by atoms with Gasteiger partial charge < -0.3 is 11.1 Å². The number of nitrogens with one attached hydrogen (secondary N) is 2. The van der Waals surface area contributed by atoms with E-state index in [0.29, 0.717) is 12.1 Å². The number of rotatable bonds is 4. The lowest BCUT2D eigenvalue weighted by Crippen LogP contribution is -2.14. The lowest BCUT2D eigenvalue weighted by Gasteiger charge is -2.11. The summed E-state index contributed by atoms with van der Waals surface area (Å²) in [7, 11) is 0. The number of hydrogen-bond donors (Lipinski definition) is 3. The number of nitrogens with two attached hydrogens (primary N) is 1. The molecule has 2 rings (SSSR count). The standard InChI is InChI=1S/C14H14ClN3/c15-11-7-5-10(6-8-11)9-18-13-4-2-1-3-12(13)14(16)17/h1-8,18H,9H2,(H3,16,17). The fourth-order valence-electron chi connectivity index (χ4n) is 1.67. The third kappa shape index (κ3) is 3.02. The Labute approximate surface area is 111 Å². The van der Waals surface area contributed by atoms with E-state index < -0.39 is 0 Å². The van der Waals surface area contributed by atoms with Crippen LogP contribution in [0, 0.1) is 5.41 Å². The maximum atomic E-state index is 7.51. The fourth-order valence-corrected chi connectivity index (χ4v) is 1.80. The highest BCUT2D eigenvalue weighted by molar-refractivity contribution is 6.30. The molecule has 0 amide bonds. The summed E-state index contributed by atoms with van der Waals surface area (Å²) in [6.07, 6.45) is 0.